The van der Waals surface area contributed by atoms with Crippen LogP contribution >= 0.6 is 11.6 Å². The molecule has 0 aromatic heterocycles. The van der Waals surface area contributed by atoms with Gasteiger partial charge in [-0.3, -0.25) is 9.52 Å². The average molecular weight is 465 g/mol. The minimum absolute atomic E-state index is 0.0153. The van der Waals surface area contributed by atoms with Crippen LogP contribution < -0.4 is 19.5 Å². The molecule has 0 atom stereocenters. The molecule has 0 spiro atoms. The number of hydrogen-bond acceptors (Lipinski definition) is 5. The molecule has 0 fully saturated rings. The number of benzene rings is 3. The van der Waals surface area contributed by atoms with E-state index in [0.29, 0.717) is 11.5 Å². The van der Waals surface area contributed by atoms with Crippen molar-refractivity contribution in [2.24, 2.45) is 0 Å². The zero-order valence-electron chi connectivity index (χ0n) is 16.5. The molecule has 0 aliphatic rings. The smallest absolute Gasteiger partial charge is 0.264 e. The highest BCUT2D eigenvalue weighted by Crippen LogP contribution is 2.31. The third-order valence-corrected chi connectivity index (χ3v) is 5.88. The molecule has 0 saturated carbocycles. The van der Waals surface area contributed by atoms with Gasteiger partial charge in [0.2, 0.25) is 0 Å². The van der Waals surface area contributed by atoms with E-state index in [4.69, 9.17) is 21.1 Å². The van der Waals surface area contributed by atoms with Crippen LogP contribution in [-0.2, 0) is 10.0 Å². The lowest BCUT2D eigenvalue weighted by Crippen LogP contribution is -2.18. The maximum absolute atomic E-state index is 14.0. The molecular formula is C21H18ClFN2O5S. The second-order valence-corrected chi connectivity index (χ2v) is 8.34. The maximum Gasteiger partial charge on any atom is 0.264 e. The van der Waals surface area contributed by atoms with Crippen LogP contribution in [0.2, 0.25) is 5.02 Å². The van der Waals surface area contributed by atoms with Crippen LogP contribution in [0.3, 0.4) is 0 Å². The summed E-state index contributed by atoms with van der Waals surface area (Å²) < 4.78 is 51.9. The summed E-state index contributed by atoms with van der Waals surface area (Å²) in [7, 11) is -1.35. The van der Waals surface area contributed by atoms with E-state index >= 15 is 0 Å². The number of hydrogen-bond donors (Lipinski definition) is 2. The third-order valence-electron chi connectivity index (χ3n) is 4.25. The SMILES string of the molecule is COc1ccc(C(=O)Nc2cc(Cl)ccc2NS(=O)(=O)c2ccccc2F)cc1OC. The number of amides is 1. The number of methoxy groups -OCH3 is 2. The first-order valence-electron chi connectivity index (χ1n) is 8.85. The van der Waals surface area contributed by atoms with Gasteiger partial charge in [-0.15, -0.1) is 0 Å². The fourth-order valence-corrected chi connectivity index (χ4v) is 4.08. The topological polar surface area (TPSA) is 93.7 Å². The highest BCUT2D eigenvalue weighted by atomic mass is 35.5. The predicted molar refractivity (Wildman–Crippen MR) is 116 cm³/mol. The molecule has 162 valence electrons. The average Bonchev–Trinajstić information content (AvgIpc) is 2.75. The number of ether oxygens (including phenoxy) is 2. The van der Waals surface area contributed by atoms with Crippen molar-refractivity contribution < 1.29 is 27.1 Å². The number of carbonyl (C=O) groups excluding carboxylic acids is 1. The summed E-state index contributed by atoms with van der Waals surface area (Å²) in [5.74, 6) is -0.656. The predicted octanol–water partition coefficient (Wildman–Crippen LogP) is 4.55. The van der Waals surface area contributed by atoms with Gasteiger partial charge < -0.3 is 14.8 Å². The monoisotopic (exact) mass is 464 g/mol. The highest BCUT2D eigenvalue weighted by molar-refractivity contribution is 7.92. The summed E-state index contributed by atoms with van der Waals surface area (Å²) in [6.45, 7) is 0. The second kappa shape index (κ2) is 9.23. The zero-order valence-corrected chi connectivity index (χ0v) is 18.1. The van der Waals surface area contributed by atoms with Gasteiger partial charge in [0, 0.05) is 10.6 Å². The first kappa shape index (κ1) is 22.4. The van der Waals surface area contributed by atoms with Crippen molar-refractivity contribution in [1.29, 1.82) is 0 Å². The standard InChI is InChI=1S/C21H18ClFN2O5S/c1-29-18-10-7-13(11-19(18)30-2)21(26)24-17-12-14(22)8-9-16(17)25-31(27,28)20-6-4-3-5-15(20)23/h3-12,25H,1-2H3,(H,24,26). The molecule has 3 rings (SSSR count). The van der Waals surface area contributed by atoms with Crippen molar-refractivity contribution in [3.8, 4) is 11.5 Å². The Kier molecular flexibility index (Phi) is 6.67. The molecule has 3 aromatic rings. The Labute approximate surface area is 183 Å². The minimum Gasteiger partial charge on any atom is -0.493 e. The van der Waals surface area contributed by atoms with E-state index in [0.717, 1.165) is 12.1 Å². The Morgan fingerprint density at radius 2 is 1.65 bits per heavy atom. The molecule has 0 bridgehead atoms. The van der Waals surface area contributed by atoms with Gasteiger partial charge >= 0.3 is 0 Å². The molecule has 0 radical (unpaired) electrons. The normalized spacial score (nSPS) is 11.0. The number of anilines is 2. The van der Waals surface area contributed by atoms with E-state index in [9.17, 15) is 17.6 Å². The van der Waals surface area contributed by atoms with Crippen molar-refractivity contribution in [2.45, 2.75) is 4.90 Å². The Bertz CT molecular complexity index is 1230. The van der Waals surface area contributed by atoms with E-state index < -0.39 is 26.6 Å². The fraction of sp³-hybridized carbons (Fsp3) is 0.0952. The van der Waals surface area contributed by atoms with Crippen molar-refractivity contribution in [2.75, 3.05) is 24.3 Å². The van der Waals surface area contributed by atoms with Crippen LogP contribution in [0.25, 0.3) is 0 Å². The Morgan fingerprint density at radius 3 is 2.32 bits per heavy atom. The lowest BCUT2D eigenvalue weighted by Gasteiger charge is -2.15. The van der Waals surface area contributed by atoms with E-state index in [1.54, 1.807) is 6.07 Å². The Hall–Kier alpha value is -3.30. The molecule has 0 saturated heterocycles. The Morgan fingerprint density at radius 1 is 0.935 bits per heavy atom. The number of rotatable bonds is 7. The summed E-state index contributed by atoms with van der Waals surface area (Å²) in [5.41, 5.74) is 0.342. The van der Waals surface area contributed by atoms with Gasteiger partial charge in [0.15, 0.2) is 11.5 Å². The van der Waals surface area contributed by atoms with Crippen LogP contribution in [0, 0.1) is 5.82 Å². The summed E-state index contributed by atoms with van der Waals surface area (Å²) >= 11 is 6.02. The molecule has 3 aromatic carbocycles. The molecule has 0 heterocycles. The molecule has 31 heavy (non-hydrogen) atoms. The molecule has 0 aliphatic heterocycles. The molecular weight excluding hydrogens is 447 g/mol. The highest BCUT2D eigenvalue weighted by Gasteiger charge is 2.21. The molecule has 10 heteroatoms. The Balaban J connectivity index is 1.92. The zero-order chi connectivity index (χ0) is 22.6. The molecule has 7 nitrogen and oxygen atoms in total. The second-order valence-electron chi connectivity index (χ2n) is 6.25. The number of halogens is 2. The molecule has 1 amide bonds. The lowest BCUT2D eigenvalue weighted by molar-refractivity contribution is 0.102. The number of carbonyl (C=O) groups is 1. The summed E-state index contributed by atoms with van der Waals surface area (Å²) in [6, 6.07) is 13.7. The molecule has 2 N–H and O–H groups in total. The number of sulfonamides is 1. The van der Waals surface area contributed by atoms with Crippen molar-refractivity contribution in [3.63, 3.8) is 0 Å². The van der Waals surface area contributed by atoms with Crippen molar-refractivity contribution >= 4 is 38.9 Å². The maximum atomic E-state index is 14.0. The first-order valence-corrected chi connectivity index (χ1v) is 10.7. The lowest BCUT2D eigenvalue weighted by atomic mass is 10.1. The fourth-order valence-electron chi connectivity index (χ4n) is 2.74. The van der Waals surface area contributed by atoms with Gasteiger partial charge in [0.1, 0.15) is 10.7 Å². The van der Waals surface area contributed by atoms with Gasteiger partial charge in [0.05, 0.1) is 25.6 Å². The van der Waals surface area contributed by atoms with Crippen molar-refractivity contribution in [1.82, 2.24) is 0 Å². The molecule has 0 aliphatic carbocycles. The summed E-state index contributed by atoms with van der Waals surface area (Å²) in [5, 5.41) is 2.87. The van der Waals surface area contributed by atoms with Crippen LogP contribution in [0.5, 0.6) is 11.5 Å². The van der Waals surface area contributed by atoms with Gasteiger partial charge in [-0.05, 0) is 48.5 Å². The largest absolute Gasteiger partial charge is 0.493 e. The van der Waals surface area contributed by atoms with E-state index in [1.807, 2.05) is 0 Å². The van der Waals surface area contributed by atoms with E-state index in [1.165, 1.54) is 56.7 Å². The van der Waals surface area contributed by atoms with Gasteiger partial charge in [-0.2, -0.15) is 0 Å². The van der Waals surface area contributed by atoms with Crippen LogP contribution in [0.1, 0.15) is 10.4 Å². The summed E-state index contributed by atoms with van der Waals surface area (Å²) in [4.78, 5) is 12.2. The quantitative estimate of drug-likeness (QED) is 0.535. The van der Waals surface area contributed by atoms with E-state index in [2.05, 4.69) is 10.0 Å². The number of nitrogens with one attached hydrogen (secondary N) is 2. The minimum atomic E-state index is -4.26. The van der Waals surface area contributed by atoms with Crippen LogP contribution in [-0.4, -0.2) is 28.5 Å². The van der Waals surface area contributed by atoms with E-state index in [-0.39, 0.29) is 22.0 Å². The van der Waals surface area contributed by atoms with Gasteiger partial charge in [-0.25, -0.2) is 12.8 Å². The first-order chi connectivity index (χ1) is 14.7. The van der Waals surface area contributed by atoms with Crippen LogP contribution in [0.4, 0.5) is 15.8 Å². The van der Waals surface area contributed by atoms with Crippen molar-refractivity contribution in [3.05, 3.63) is 77.1 Å². The molecule has 0 unspecified atom stereocenters. The summed E-state index contributed by atoms with van der Waals surface area (Å²) in [6.07, 6.45) is 0. The van der Waals surface area contributed by atoms with Gasteiger partial charge in [-0.1, -0.05) is 23.7 Å². The third kappa shape index (κ3) is 5.07. The van der Waals surface area contributed by atoms with Gasteiger partial charge in [0.25, 0.3) is 15.9 Å². The van der Waals surface area contributed by atoms with Crippen LogP contribution in [0.15, 0.2) is 65.6 Å².